The highest BCUT2D eigenvalue weighted by molar-refractivity contribution is 5.89. The summed E-state index contributed by atoms with van der Waals surface area (Å²) in [6.45, 7) is 4.54. The lowest BCUT2D eigenvalue weighted by molar-refractivity contribution is 0.252. The first-order chi connectivity index (χ1) is 13.5. The number of carbonyl (C=O) groups is 1. The molecule has 2 amide bonds. The smallest absolute Gasteiger partial charge is 0.319 e. The zero-order chi connectivity index (χ0) is 19.9. The number of nitrogens with zero attached hydrogens (tertiary/aromatic N) is 3. The summed E-state index contributed by atoms with van der Waals surface area (Å²) < 4.78 is 26.7. The van der Waals surface area contributed by atoms with Gasteiger partial charge in [-0.2, -0.15) is 0 Å². The standard InChI is InChI=1S/C19H24F2N6O/c1-13-24-17(12-18(25-13)27-9-3-2-4-10-27)22-7-8-23-19(28)26-16-11-14(20)5-6-15(16)21/h5-6,11-12H,2-4,7-10H2,1H3,(H,22,24,25)(H2,23,26,28). The van der Waals surface area contributed by atoms with E-state index in [9.17, 15) is 13.6 Å². The monoisotopic (exact) mass is 390 g/mol. The quantitative estimate of drug-likeness (QED) is 0.660. The van der Waals surface area contributed by atoms with Crippen molar-refractivity contribution in [2.75, 3.05) is 41.7 Å². The zero-order valence-electron chi connectivity index (χ0n) is 15.8. The molecule has 1 aromatic carbocycles. The Morgan fingerprint density at radius 3 is 2.68 bits per heavy atom. The highest BCUT2D eigenvalue weighted by atomic mass is 19.1. The van der Waals surface area contributed by atoms with Crippen LogP contribution in [0.2, 0.25) is 0 Å². The van der Waals surface area contributed by atoms with Crippen molar-refractivity contribution in [3.05, 3.63) is 41.7 Å². The van der Waals surface area contributed by atoms with Gasteiger partial charge >= 0.3 is 6.03 Å². The van der Waals surface area contributed by atoms with Gasteiger partial charge in [-0.25, -0.2) is 23.5 Å². The fourth-order valence-corrected chi connectivity index (χ4v) is 3.05. The highest BCUT2D eigenvalue weighted by Gasteiger charge is 2.14. The molecule has 9 heteroatoms. The van der Waals surface area contributed by atoms with Crippen LogP contribution in [0.25, 0.3) is 0 Å². The first-order valence-electron chi connectivity index (χ1n) is 9.36. The van der Waals surface area contributed by atoms with Crippen LogP contribution in [-0.4, -0.2) is 42.2 Å². The third kappa shape index (κ3) is 5.51. The van der Waals surface area contributed by atoms with Gasteiger partial charge in [-0.15, -0.1) is 0 Å². The number of amides is 2. The predicted octanol–water partition coefficient (Wildman–Crippen LogP) is 3.29. The first-order valence-corrected chi connectivity index (χ1v) is 9.36. The molecule has 28 heavy (non-hydrogen) atoms. The van der Waals surface area contributed by atoms with E-state index in [-0.39, 0.29) is 12.2 Å². The van der Waals surface area contributed by atoms with Gasteiger partial charge in [0, 0.05) is 38.3 Å². The number of nitrogens with one attached hydrogen (secondary N) is 3. The summed E-state index contributed by atoms with van der Waals surface area (Å²) in [7, 11) is 0. The van der Waals surface area contributed by atoms with Gasteiger partial charge in [0.2, 0.25) is 0 Å². The van der Waals surface area contributed by atoms with Crippen LogP contribution in [0.15, 0.2) is 24.3 Å². The van der Waals surface area contributed by atoms with Crippen LogP contribution in [0.5, 0.6) is 0 Å². The number of carbonyl (C=O) groups excluding carboxylic acids is 1. The number of aryl methyl sites for hydroxylation is 1. The number of anilines is 3. The molecule has 3 rings (SSSR count). The molecule has 2 heterocycles. The molecule has 2 aromatic rings. The van der Waals surface area contributed by atoms with E-state index in [4.69, 9.17) is 0 Å². The molecule has 1 aliphatic rings. The lowest BCUT2D eigenvalue weighted by Crippen LogP contribution is -2.33. The molecular weight excluding hydrogens is 366 g/mol. The highest BCUT2D eigenvalue weighted by Crippen LogP contribution is 2.20. The second-order valence-corrected chi connectivity index (χ2v) is 6.64. The summed E-state index contributed by atoms with van der Waals surface area (Å²) in [5.74, 6) is 0.949. The molecule has 1 aromatic heterocycles. The minimum absolute atomic E-state index is 0.206. The molecule has 3 N–H and O–H groups in total. The second kappa shape index (κ2) is 9.29. The average molecular weight is 390 g/mol. The summed E-state index contributed by atoms with van der Waals surface area (Å²) in [6, 6.07) is 4.17. The van der Waals surface area contributed by atoms with E-state index in [0.29, 0.717) is 18.2 Å². The minimum atomic E-state index is -0.698. The van der Waals surface area contributed by atoms with Crippen LogP contribution < -0.4 is 20.9 Å². The number of aromatic nitrogens is 2. The Labute approximate surface area is 162 Å². The molecule has 0 aliphatic carbocycles. The molecule has 1 fully saturated rings. The van der Waals surface area contributed by atoms with Gasteiger partial charge < -0.3 is 20.9 Å². The summed E-state index contributed by atoms with van der Waals surface area (Å²) in [6.07, 6.45) is 3.58. The molecular formula is C19H24F2N6O. The van der Waals surface area contributed by atoms with Crippen molar-refractivity contribution in [3.63, 3.8) is 0 Å². The van der Waals surface area contributed by atoms with E-state index in [2.05, 4.69) is 30.8 Å². The van der Waals surface area contributed by atoms with Gasteiger partial charge in [-0.3, -0.25) is 0 Å². The van der Waals surface area contributed by atoms with Gasteiger partial charge in [0.1, 0.15) is 29.1 Å². The molecule has 150 valence electrons. The van der Waals surface area contributed by atoms with E-state index in [1.54, 1.807) is 0 Å². The van der Waals surface area contributed by atoms with Crippen molar-refractivity contribution in [2.24, 2.45) is 0 Å². The summed E-state index contributed by atoms with van der Waals surface area (Å²) in [4.78, 5) is 23.0. The van der Waals surface area contributed by atoms with Crippen LogP contribution in [0.3, 0.4) is 0 Å². The van der Waals surface area contributed by atoms with E-state index in [1.807, 2.05) is 13.0 Å². The van der Waals surface area contributed by atoms with Crippen molar-refractivity contribution >= 4 is 23.4 Å². The van der Waals surface area contributed by atoms with Gasteiger partial charge in [0.25, 0.3) is 0 Å². The topological polar surface area (TPSA) is 82.2 Å². The van der Waals surface area contributed by atoms with Crippen molar-refractivity contribution in [1.29, 1.82) is 0 Å². The molecule has 7 nitrogen and oxygen atoms in total. The molecule has 0 unspecified atom stereocenters. The lowest BCUT2D eigenvalue weighted by Gasteiger charge is -2.28. The SMILES string of the molecule is Cc1nc(NCCNC(=O)Nc2cc(F)ccc2F)cc(N2CCCCC2)n1. The number of rotatable bonds is 6. The normalized spacial score (nSPS) is 13.9. The third-order valence-electron chi connectivity index (χ3n) is 4.40. The molecule has 0 radical (unpaired) electrons. The van der Waals surface area contributed by atoms with Gasteiger partial charge in [-0.05, 0) is 38.3 Å². The number of hydrogen-bond donors (Lipinski definition) is 3. The van der Waals surface area contributed by atoms with E-state index >= 15 is 0 Å². The molecule has 0 atom stereocenters. The average Bonchev–Trinajstić information content (AvgIpc) is 2.68. The van der Waals surface area contributed by atoms with Crippen molar-refractivity contribution < 1.29 is 13.6 Å². The number of urea groups is 1. The number of halogens is 2. The first kappa shape index (κ1) is 19.8. The van der Waals surface area contributed by atoms with Crippen molar-refractivity contribution in [1.82, 2.24) is 15.3 Å². The van der Waals surface area contributed by atoms with Crippen LogP contribution in [-0.2, 0) is 0 Å². The summed E-state index contributed by atoms with van der Waals surface area (Å²) in [5, 5.41) is 8.02. The van der Waals surface area contributed by atoms with E-state index < -0.39 is 17.7 Å². The molecule has 1 aliphatic heterocycles. The van der Waals surface area contributed by atoms with E-state index in [0.717, 1.165) is 49.9 Å². The summed E-state index contributed by atoms with van der Waals surface area (Å²) >= 11 is 0. The Hall–Kier alpha value is -2.97. The Morgan fingerprint density at radius 2 is 1.89 bits per heavy atom. The predicted molar refractivity (Wildman–Crippen MR) is 105 cm³/mol. The van der Waals surface area contributed by atoms with E-state index in [1.165, 1.54) is 6.42 Å². The summed E-state index contributed by atoms with van der Waals surface area (Å²) in [5.41, 5.74) is -0.206. The fourth-order valence-electron chi connectivity index (χ4n) is 3.05. The lowest BCUT2D eigenvalue weighted by atomic mass is 10.1. The Bertz CT molecular complexity index is 826. The Morgan fingerprint density at radius 1 is 1.11 bits per heavy atom. The maximum Gasteiger partial charge on any atom is 0.319 e. The van der Waals surface area contributed by atoms with Gasteiger partial charge in [-0.1, -0.05) is 0 Å². The van der Waals surface area contributed by atoms with Crippen molar-refractivity contribution in [2.45, 2.75) is 26.2 Å². The molecule has 0 saturated carbocycles. The molecule has 0 bridgehead atoms. The number of piperidine rings is 1. The van der Waals surface area contributed by atoms with Crippen LogP contribution in [0, 0.1) is 18.6 Å². The Balaban J connectivity index is 1.47. The van der Waals surface area contributed by atoms with Crippen LogP contribution >= 0.6 is 0 Å². The largest absolute Gasteiger partial charge is 0.368 e. The van der Waals surface area contributed by atoms with Crippen LogP contribution in [0.4, 0.5) is 30.9 Å². The molecule has 1 saturated heterocycles. The zero-order valence-corrected chi connectivity index (χ0v) is 15.8. The van der Waals surface area contributed by atoms with Gasteiger partial charge in [0.15, 0.2) is 0 Å². The van der Waals surface area contributed by atoms with Crippen LogP contribution in [0.1, 0.15) is 25.1 Å². The second-order valence-electron chi connectivity index (χ2n) is 6.64. The fraction of sp³-hybridized carbons (Fsp3) is 0.421. The Kier molecular flexibility index (Phi) is 6.57. The number of benzene rings is 1. The molecule has 0 spiro atoms. The maximum atomic E-state index is 13.5. The maximum absolute atomic E-state index is 13.5. The van der Waals surface area contributed by atoms with Gasteiger partial charge in [0.05, 0.1) is 5.69 Å². The minimum Gasteiger partial charge on any atom is -0.368 e. The third-order valence-corrected chi connectivity index (χ3v) is 4.40. The number of hydrogen-bond acceptors (Lipinski definition) is 5. The van der Waals surface area contributed by atoms with Crippen molar-refractivity contribution in [3.8, 4) is 0 Å².